The van der Waals surface area contributed by atoms with Gasteiger partial charge in [-0.05, 0) is 124 Å². The van der Waals surface area contributed by atoms with Crippen LogP contribution in [-0.2, 0) is 4.79 Å². The lowest BCUT2D eigenvalue weighted by Gasteiger charge is -2.60. The summed E-state index contributed by atoms with van der Waals surface area (Å²) < 4.78 is 0. The zero-order valence-corrected chi connectivity index (χ0v) is 26.9. The van der Waals surface area contributed by atoms with Gasteiger partial charge in [-0.25, -0.2) is 0 Å². The van der Waals surface area contributed by atoms with E-state index in [0.29, 0.717) is 38.0 Å². The summed E-state index contributed by atoms with van der Waals surface area (Å²) in [6, 6.07) is 0. The Bertz CT molecular complexity index is 1090. The van der Waals surface area contributed by atoms with Crippen molar-refractivity contribution in [3.05, 3.63) is 22.8 Å². The minimum absolute atomic E-state index is 0.00803. The van der Waals surface area contributed by atoms with E-state index < -0.39 is 34.2 Å². The van der Waals surface area contributed by atoms with E-state index in [2.05, 4.69) is 34.6 Å². The van der Waals surface area contributed by atoms with Crippen molar-refractivity contribution in [2.45, 2.75) is 148 Å². The van der Waals surface area contributed by atoms with Crippen molar-refractivity contribution >= 4 is 5.78 Å². The number of rotatable bonds is 8. The summed E-state index contributed by atoms with van der Waals surface area (Å²) >= 11 is 0. The molecule has 0 aromatic rings. The molecule has 6 nitrogen and oxygen atoms in total. The van der Waals surface area contributed by atoms with Gasteiger partial charge in [-0.15, -0.1) is 0 Å². The van der Waals surface area contributed by atoms with Crippen LogP contribution in [0.2, 0.25) is 0 Å². The first-order chi connectivity index (χ1) is 19.7. The number of aliphatic hydroxyl groups excluding tert-OH is 3. The van der Waals surface area contributed by atoms with Crippen LogP contribution in [0.3, 0.4) is 0 Å². The van der Waals surface area contributed by atoms with Crippen molar-refractivity contribution < 1.29 is 30.3 Å². The Kier molecular flexibility index (Phi) is 9.02. The molecule has 5 aliphatic rings. The fraction of sp³-hybridized carbons (Fsp3) is 0.861. The second-order valence-electron chi connectivity index (χ2n) is 15.9. The first-order valence-electron chi connectivity index (χ1n) is 17.1. The zero-order valence-electron chi connectivity index (χ0n) is 26.9. The van der Waals surface area contributed by atoms with Gasteiger partial charge in [-0.3, -0.25) is 4.79 Å². The first-order valence-corrected chi connectivity index (χ1v) is 17.1. The molecule has 0 saturated heterocycles. The molecule has 5 N–H and O–H groups in total. The lowest BCUT2D eigenvalue weighted by Crippen LogP contribution is -2.61. The molecule has 6 heteroatoms. The van der Waals surface area contributed by atoms with E-state index in [1.807, 2.05) is 0 Å². The summed E-state index contributed by atoms with van der Waals surface area (Å²) in [6.07, 6.45) is 11.2. The molecule has 0 aromatic carbocycles. The minimum Gasteiger partial charge on any atom is -0.396 e. The van der Waals surface area contributed by atoms with Gasteiger partial charge in [0.25, 0.3) is 0 Å². The lowest BCUT2D eigenvalue weighted by molar-refractivity contribution is -0.157. The van der Waals surface area contributed by atoms with E-state index >= 15 is 0 Å². The number of ketones is 1. The van der Waals surface area contributed by atoms with Crippen LogP contribution >= 0.6 is 0 Å². The summed E-state index contributed by atoms with van der Waals surface area (Å²) in [4.78, 5) is 13.6. The lowest BCUT2D eigenvalue weighted by atomic mass is 9.45. The summed E-state index contributed by atoms with van der Waals surface area (Å²) in [5.41, 5.74) is 0.648. The third-order valence-corrected chi connectivity index (χ3v) is 13.5. The van der Waals surface area contributed by atoms with Crippen molar-refractivity contribution in [3.8, 4) is 0 Å². The molecule has 0 amide bonds. The number of carbonyl (C=O) groups is 1. The maximum atomic E-state index is 13.6. The Labute approximate surface area is 253 Å². The van der Waals surface area contributed by atoms with E-state index in [-0.39, 0.29) is 42.5 Å². The van der Waals surface area contributed by atoms with Gasteiger partial charge in [0, 0.05) is 17.9 Å². The van der Waals surface area contributed by atoms with E-state index in [0.717, 1.165) is 37.7 Å². The molecule has 5 aliphatic carbocycles. The van der Waals surface area contributed by atoms with Gasteiger partial charge in [0.15, 0.2) is 5.78 Å². The summed E-state index contributed by atoms with van der Waals surface area (Å²) in [6.45, 7) is 11.0. The highest BCUT2D eigenvalue weighted by atomic mass is 16.3. The van der Waals surface area contributed by atoms with E-state index in [4.69, 9.17) is 0 Å². The molecule has 0 radical (unpaired) electrons. The predicted molar refractivity (Wildman–Crippen MR) is 164 cm³/mol. The average Bonchev–Trinajstić information content (AvgIpc) is 3.23. The number of allylic oxidation sites excluding steroid dienone is 2. The van der Waals surface area contributed by atoms with Crippen LogP contribution in [0.25, 0.3) is 0 Å². The molecule has 0 aromatic heterocycles. The highest BCUT2D eigenvalue weighted by molar-refractivity contribution is 5.95. The number of hydrogen-bond donors (Lipinski definition) is 5. The van der Waals surface area contributed by atoms with Gasteiger partial charge >= 0.3 is 0 Å². The molecular weight excluding hydrogens is 528 g/mol. The fourth-order valence-electron chi connectivity index (χ4n) is 10.8. The van der Waals surface area contributed by atoms with E-state index in [9.17, 15) is 30.3 Å². The highest BCUT2D eigenvalue weighted by Gasteiger charge is 2.67. The molecule has 0 aliphatic heterocycles. The van der Waals surface area contributed by atoms with Gasteiger partial charge in [0.1, 0.15) is 0 Å². The van der Waals surface area contributed by atoms with Crippen LogP contribution in [0.4, 0.5) is 0 Å². The van der Waals surface area contributed by atoms with Crippen LogP contribution in [0.15, 0.2) is 22.8 Å². The van der Waals surface area contributed by atoms with Crippen molar-refractivity contribution in [2.75, 3.05) is 6.61 Å². The normalized spacial score (nSPS) is 42.4. The number of aliphatic hydroxyl groups is 5. The molecule has 4 saturated carbocycles. The smallest absolute Gasteiger partial charge is 0.159 e. The van der Waals surface area contributed by atoms with Crippen LogP contribution in [0.1, 0.15) is 125 Å². The summed E-state index contributed by atoms with van der Waals surface area (Å²) in [5, 5.41) is 56.1. The standard InChI is InChI=1S/C36H58O6/c1-22(2)25(24-10-7-6-8-11-24)20-35(41,14-9-17-37)23(3)26-13-16-36(42)28-18-30(38)29-19-31(39)32(40)21-33(29,4)27(28)12-15-34(26,36)5/h18,22-23,26-27,29,31-32,37,39-42H,6-17,19-21H2,1-5H3. The zero-order chi connectivity index (χ0) is 30.7. The molecule has 0 heterocycles. The van der Waals surface area contributed by atoms with Crippen molar-refractivity contribution in [2.24, 2.45) is 40.4 Å². The Morgan fingerprint density at radius 1 is 1.02 bits per heavy atom. The number of fused-ring (bicyclic) bond motifs is 5. The van der Waals surface area contributed by atoms with Gasteiger partial charge in [-0.1, -0.05) is 52.2 Å². The average molecular weight is 587 g/mol. The molecule has 10 unspecified atom stereocenters. The maximum Gasteiger partial charge on any atom is 0.159 e. The van der Waals surface area contributed by atoms with Gasteiger partial charge in [0.05, 0.1) is 23.4 Å². The molecule has 42 heavy (non-hydrogen) atoms. The second kappa shape index (κ2) is 11.7. The van der Waals surface area contributed by atoms with Crippen molar-refractivity contribution in [3.63, 3.8) is 0 Å². The van der Waals surface area contributed by atoms with Crippen LogP contribution in [0.5, 0.6) is 0 Å². The largest absolute Gasteiger partial charge is 0.396 e. The van der Waals surface area contributed by atoms with Crippen LogP contribution < -0.4 is 0 Å². The molecule has 0 bridgehead atoms. The number of hydrogen-bond acceptors (Lipinski definition) is 6. The third kappa shape index (κ3) is 5.09. The van der Waals surface area contributed by atoms with E-state index in [1.165, 1.54) is 30.4 Å². The summed E-state index contributed by atoms with van der Waals surface area (Å²) in [7, 11) is 0. The molecule has 5 rings (SSSR count). The van der Waals surface area contributed by atoms with E-state index in [1.54, 1.807) is 6.08 Å². The van der Waals surface area contributed by atoms with Crippen molar-refractivity contribution in [1.29, 1.82) is 0 Å². The molecule has 10 atom stereocenters. The Balaban J connectivity index is 1.48. The Hall–Kier alpha value is -1.05. The predicted octanol–water partition coefficient (Wildman–Crippen LogP) is 5.64. The van der Waals surface area contributed by atoms with Gasteiger partial charge in [0.2, 0.25) is 0 Å². The topological polar surface area (TPSA) is 118 Å². The monoisotopic (exact) mass is 586 g/mol. The quantitative estimate of drug-likeness (QED) is 0.235. The van der Waals surface area contributed by atoms with Crippen molar-refractivity contribution in [1.82, 2.24) is 0 Å². The third-order valence-electron chi connectivity index (χ3n) is 13.5. The molecule has 0 spiro atoms. The second-order valence-corrected chi connectivity index (χ2v) is 15.9. The van der Waals surface area contributed by atoms with Crippen LogP contribution in [0, 0.1) is 40.4 Å². The highest BCUT2D eigenvalue weighted by Crippen LogP contribution is 2.68. The SMILES string of the molecule is CC(C)C(CC(O)(CCCO)C(C)C1CCC2(O)C3=CC(=O)C4CC(O)C(O)CC4(C)C3CCC12C)=C1CCCCC1. The number of carbonyl (C=O) groups excluding carboxylic acids is 1. The van der Waals surface area contributed by atoms with Gasteiger partial charge in [-0.2, -0.15) is 0 Å². The Morgan fingerprint density at radius 2 is 1.71 bits per heavy atom. The summed E-state index contributed by atoms with van der Waals surface area (Å²) in [5.74, 6) is -0.0338. The first kappa shape index (κ1) is 32.3. The molecule has 4 fully saturated rings. The van der Waals surface area contributed by atoms with Crippen LogP contribution in [-0.4, -0.2) is 61.3 Å². The molecule has 238 valence electrons. The molecular formula is C36H58O6. The Morgan fingerprint density at radius 3 is 2.36 bits per heavy atom. The maximum absolute atomic E-state index is 13.6. The minimum atomic E-state index is -1.14. The van der Waals surface area contributed by atoms with Gasteiger partial charge < -0.3 is 25.5 Å². The fourth-order valence-corrected chi connectivity index (χ4v) is 10.8.